The molecule has 0 spiro atoms. The van der Waals surface area contributed by atoms with Crippen LogP contribution in [0, 0.1) is 12.8 Å². The van der Waals surface area contributed by atoms with Crippen LogP contribution in [0.2, 0.25) is 0 Å². The normalized spacial score (nSPS) is 12.2. The molecule has 0 aliphatic rings. The van der Waals surface area contributed by atoms with E-state index in [9.17, 15) is 14.7 Å². The van der Waals surface area contributed by atoms with Crippen molar-refractivity contribution in [2.75, 3.05) is 0 Å². The number of aromatic carboxylic acids is 1. The molecule has 0 aliphatic heterocycles. The van der Waals surface area contributed by atoms with E-state index in [1.165, 1.54) is 12.1 Å². The minimum atomic E-state index is -1.11. The second kappa shape index (κ2) is 7.81. The van der Waals surface area contributed by atoms with E-state index in [1.807, 2.05) is 6.92 Å². The van der Waals surface area contributed by atoms with E-state index in [1.54, 1.807) is 13.0 Å². The monoisotopic (exact) mass is 292 g/mol. The van der Waals surface area contributed by atoms with Crippen molar-refractivity contribution in [1.29, 1.82) is 0 Å². The van der Waals surface area contributed by atoms with Crippen molar-refractivity contribution < 1.29 is 19.4 Å². The van der Waals surface area contributed by atoms with Crippen LogP contribution in [-0.2, 0) is 4.74 Å². The number of rotatable bonds is 7. The molecule has 0 amide bonds. The number of hydrogen-bond acceptors (Lipinski definition) is 3. The first kappa shape index (κ1) is 17.2. The topological polar surface area (TPSA) is 63.6 Å². The van der Waals surface area contributed by atoms with Crippen molar-refractivity contribution in [3.05, 3.63) is 34.9 Å². The quantitative estimate of drug-likeness (QED) is 0.770. The highest BCUT2D eigenvalue weighted by atomic mass is 16.5. The summed E-state index contributed by atoms with van der Waals surface area (Å²) in [6, 6.07) is 4.74. The lowest BCUT2D eigenvalue weighted by atomic mass is 10.0. The summed E-state index contributed by atoms with van der Waals surface area (Å²) in [6.07, 6.45) is 2.34. The summed E-state index contributed by atoms with van der Waals surface area (Å²) in [4.78, 5) is 23.5. The van der Waals surface area contributed by atoms with Gasteiger partial charge in [-0.3, -0.25) is 0 Å². The van der Waals surface area contributed by atoms with E-state index >= 15 is 0 Å². The number of esters is 1. The predicted molar refractivity (Wildman–Crippen MR) is 81.7 cm³/mol. The van der Waals surface area contributed by atoms with Crippen molar-refractivity contribution in [2.24, 2.45) is 5.92 Å². The molecule has 1 unspecified atom stereocenters. The Hall–Kier alpha value is -1.84. The molecule has 4 nitrogen and oxygen atoms in total. The molecular weight excluding hydrogens is 268 g/mol. The molecule has 1 aromatic carbocycles. The largest absolute Gasteiger partial charge is 0.478 e. The van der Waals surface area contributed by atoms with E-state index in [0.717, 1.165) is 24.8 Å². The molecule has 1 aromatic rings. The third-order valence-corrected chi connectivity index (χ3v) is 3.42. The Bertz CT molecular complexity index is 506. The van der Waals surface area contributed by atoms with Crippen LogP contribution >= 0.6 is 0 Å². The maximum absolute atomic E-state index is 12.2. The second-order valence-corrected chi connectivity index (χ2v) is 5.76. The van der Waals surface area contributed by atoms with Crippen LogP contribution < -0.4 is 0 Å². The summed E-state index contributed by atoms with van der Waals surface area (Å²) in [5.74, 6) is -1.12. The molecule has 0 fully saturated rings. The van der Waals surface area contributed by atoms with Gasteiger partial charge in [0.2, 0.25) is 0 Å². The van der Waals surface area contributed by atoms with Crippen LogP contribution in [0.25, 0.3) is 0 Å². The molecule has 0 aliphatic carbocycles. The number of aryl methyl sites for hydroxylation is 1. The van der Waals surface area contributed by atoms with Crippen LogP contribution in [0.4, 0.5) is 0 Å². The fraction of sp³-hybridized carbons (Fsp3) is 0.529. The van der Waals surface area contributed by atoms with Crippen LogP contribution in [0.3, 0.4) is 0 Å². The number of carbonyl (C=O) groups excluding carboxylic acids is 1. The average Bonchev–Trinajstić information content (AvgIpc) is 2.42. The number of benzene rings is 1. The van der Waals surface area contributed by atoms with Crippen LogP contribution in [0.5, 0.6) is 0 Å². The third-order valence-electron chi connectivity index (χ3n) is 3.42. The number of hydrogen-bond donors (Lipinski definition) is 1. The Labute approximate surface area is 126 Å². The zero-order valence-electron chi connectivity index (χ0n) is 13.2. The Kier molecular flexibility index (Phi) is 6.40. The van der Waals surface area contributed by atoms with Gasteiger partial charge in [-0.25, -0.2) is 9.59 Å². The van der Waals surface area contributed by atoms with Gasteiger partial charge in [0.1, 0.15) is 6.10 Å². The lowest BCUT2D eigenvalue weighted by molar-refractivity contribution is 0.0255. The van der Waals surface area contributed by atoms with Gasteiger partial charge in [-0.1, -0.05) is 32.4 Å². The Balaban J connectivity index is 2.85. The summed E-state index contributed by atoms with van der Waals surface area (Å²) in [6.45, 7) is 8.00. The van der Waals surface area contributed by atoms with Crippen molar-refractivity contribution in [3.8, 4) is 0 Å². The van der Waals surface area contributed by atoms with Crippen LogP contribution in [-0.4, -0.2) is 23.1 Å². The zero-order valence-corrected chi connectivity index (χ0v) is 13.2. The highest BCUT2D eigenvalue weighted by molar-refractivity contribution is 6.02. The van der Waals surface area contributed by atoms with Gasteiger partial charge in [0.05, 0.1) is 11.1 Å². The van der Waals surface area contributed by atoms with Crippen LogP contribution in [0.15, 0.2) is 18.2 Å². The summed E-state index contributed by atoms with van der Waals surface area (Å²) in [7, 11) is 0. The molecule has 0 saturated heterocycles. The van der Waals surface area contributed by atoms with E-state index in [0.29, 0.717) is 5.92 Å². The van der Waals surface area contributed by atoms with Crippen LogP contribution in [0.1, 0.15) is 66.3 Å². The molecule has 21 heavy (non-hydrogen) atoms. The van der Waals surface area contributed by atoms with E-state index < -0.39 is 11.9 Å². The van der Waals surface area contributed by atoms with Crippen molar-refractivity contribution in [2.45, 2.75) is 53.1 Å². The maximum Gasteiger partial charge on any atom is 0.339 e. The molecule has 4 heteroatoms. The van der Waals surface area contributed by atoms with Gasteiger partial charge >= 0.3 is 11.9 Å². The van der Waals surface area contributed by atoms with Crippen molar-refractivity contribution >= 4 is 11.9 Å². The minimum Gasteiger partial charge on any atom is -0.478 e. The van der Waals surface area contributed by atoms with Gasteiger partial charge < -0.3 is 9.84 Å². The first-order valence-corrected chi connectivity index (χ1v) is 7.40. The fourth-order valence-electron chi connectivity index (χ4n) is 2.09. The van der Waals surface area contributed by atoms with Gasteiger partial charge in [0, 0.05) is 0 Å². The molecule has 0 aromatic heterocycles. The number of carboxylic acids is 1. The Morgan fingerprint density at radius 2 is 1.86 bits per heavy atom. The molecule has 0 radical (unpaired) electrons. The molecule has 1 N–H and O–H groups in total. The van der Waals surface area contributed by atoms with Gasteiger partial charge in [-0.2, -0.15) is 0 Å². The molecule has 0 saturated carbocycles. The summed E-state index contributed by atoms with van der Waals surface area (Å²) < 4.78 is 5.46. The first-order valence-electron chi connectivity index (χ1n) is 7.40. The van der Waals surface area contributed by atoms with Gasteiger partial charge in [-0.05, 0) is 44.2 Å². The van der Waals surface area contributed by atoms with Gasteiger partial charge in [0.15, 0.2) is 0 Å². The highest BCUT2D eigenvalue weighted by Crippen LogP contribution is 2.18. The van der Waals surface area contributed by atoms with Gasteiger partial charge in [0.25, 0.3) is 0 Å². The molecule has 0 bridgehead atoms. The number of carboxylic acid groups (broad SMARTS) is 1. The van der Waals surface area contributed by atoms with Gasteiger partial charge in [-0.15, -0.1) is 0 Å². The molecule has 1 rings (SSSR count). The molecular formula is C17H24O4. The minimum absolute atomic E-state index is 0.00119. The smallest absolute Gasteiger partial charge is 0.339 e. The fourth-order valence-corrected chi connectivity index (χ4v) is 2.09. The molecule has 1 atom stereocenters. The van der Waals surface area contributed by atoms with Crippen molar-refractivity contribution in [3.63, 3.8) is 0 Å². The lowest BCUT2D eigenvalue weighted by Gasteiger charge is -2.18. The Morgan fingerprint density at radius 3 is 2.38 bits per heavy atom. The first-order chi connectivity index (χ1) is 9.85. The predicted octanol–water partition coefficient (Wildman–Crippen LogP) is 4.06. The molecule has 0 heterocycles. The summed E-state index contributed by atoms with van der Waals surface area (Å²) in [5.41, 5.74) is 0.922. The second-order valence-electron chi connectivity index (χ2n) is 5.76. The lowest BCUT2D eigenvalue weighted by Crippen LogP contribution is -2.20. The van der Waals surface area contributed by atoms with Crippen molar-refractivity contribution in [1.82, 2.24) is 0 Å². The number of carbonyl (C=O) groups is 2. The zero-order chi connectivity index (χ0) is 16.0. The molecule has 116 valence electrons. The van der Waals surface area contributed by atoms with E-state index in [4.69, 9.17) is 4.74 Å². The third kappa shape index (κ3) is 5.21. The maximum atomic E-state index is 12.2. The standard InChI is InChI=1S/C17H24O4/c1-5-13(8-6-11(2)3)21-17(20)14-9-7-12(4)10-15(14)16(18)19/h7,9-11,13H,5-6,8H2,1-4H3,(H,18,19). The SMILES string of the molecule is CCC(CCC(C)C)OC(=O)c1ccc(C)cc1C(=O)O. The van der Waals surface area contributed by atoms with E-state index in [-0.39, 0.29) is 17.2 Å². The summed E-state index contributed by atoms with van der Waals surface area (Å²) in [5, 5.41) is 9.20. The summed E-state index contributed by atoms with van der Waals surface area (Å²) >= 11 is 0. The Morgan fingerprint density at radius 1 is 1.19 bits per heavy atom. The van der Waals surface area contributed by atoms with E-state index in [2.05, 4.69) is 13.8 Å². The highest BCUT2D eigenvalue weighted by Gasteiger charge is 2.20. The average molecular weight is 292 g/mol. The number of ether oxygens (including phenoxy) is 1.